The third-order valence-electron chi connectivity index (χ3n) is 3.05. The molecule has 0 bridgehead atoms. The Labute approximate surface area is 109 Å². The summed E-state index contributed by atoms with van der Waals surface area (Å²) in [7, 11) is 0. The van der Waals surface area contributed by atoms with E-state index < -0.39 is 0 Å². The lowest BCUT2D eigenvalue weighted by molar-refractivity contribution is 0.0926. The van der Waals surface area contributed by atoms with Crippen molar-refractivity contribution in [3.63, 3.8) is 0 Å². The standard InChI is InChI=1S/C13H13NOS2/c15-11(13-2-1-6-16-13)9-14-5-3-12-10(8-14)4-7-17-12/h1-2,4,6-7H,3,5,8-9H2. The smallest absolute Gasteiger partial charge is 0.186 e. The van der Waals surface area contributed by atoms with Crippen LogP contribution in [0.15, 0.2) is 29.0 Å². The summed E-state index contributed by atoms with van der Waals surface area (Å²) >= 11 is 3.37. The molecule has 2 nitrogen and oxygen atoms in total. The third kappa shape index (κ3) is 2.34. The van der Waals surface area contributed by atoms with Gasteiger partial charge in [-0.3, -0.25) is 9.69 Å². The first-order valence-electron chi connectivity index (χ1n) is 5.67. The van der Waals surface area contributed by atoms with E-state index in [1.807, 2.05) is 28.8 Å². The Morgan fingerprint density at radius 1 is 1.29 bits per heavy atom. The zero-order valence-electron chi connectivity index (χ0n) is 9.39. The van der Waals surface area contributed by atoms with E-state index >= 15 is 0 Å². The lowest BCUT2D eigenvalue weighted by atomic mass is 10.1. The highest BCUT2D eigenvalue weighted by molar-refractivity contribution is 7.12. The van der Waals surface area contributed by atoms with Gasteiger partial charge in [0.2, 0.25) is 0 Å². The monoisotopic (exact) mass is 263 g/mol. The second-order valence-corrected chi connectivity index (χ2v) is 6.18. The third-order valence-corrected chi connectivity index (χ3v) is 4.98. The maximum absolute atomic E-state index is 12.0. The number of rotatable bonds is 3. The lowest BCUT2D eigenvalue weighted by Gasteiger charge is -2.25. The number of carbonyl (C=O) groups excluding carboxylic acids is 1. The summed E-state index contributed by atoms with van der Waals surface area (Å²) in [4.78, 5) is 16.6. The summed E-state index contributed by atoms with van der Waals surface area (Å²) in [5, 5.41) is 4.11. The number of fused-ring (bicyclic) bond motifs is 1. The van der Waals surface area contributed by atoms with Gasteiger partial charge in [0.15, 0.2) is 5.78 Å². The van der Waals surface area contributed by atoms with Crippen LogP contribution in [0.2, 0.25) is 0 Å². The maximum Gasteiger partial charge on any atom is 0.186 e. The van der Waals surface area contributed by atoms with Crippen molar-refractivity contribution in [2.75, 3.05) is 13.1 Å². The Balaban J connectivity index is 1.66. The first kappa shape index (κ1) is 11.1. The van der Waals surface area contributed by atoms with Crippen LogP contribution in [-0.2, 0) is 13.0 Å². The van der Waals surface area contributed by atoms with Crippen LogP contribution in [0, 0.1) is 0 Å². The van der Waals surface area contributed by atoms with Crippen molar-refractivity contribution in [2.45, 2.75) is 13.0 Å². The van der Waals surface area contributed by atoms with E-state index in [9.17, 15) is 4.79 Å². The highest BCUT2D eigenvalue weighted by Crippen LogP contribution is 2.24. The van der Waals surface area contributed by atoms with Crippen LogP contribution in [-0.4, -0.2) is 23.8 Å². The topological polar surface area (TPSA) is 20.3 Å². The molecule has 0 radical (unpaired) electrons. The van der Waals surface area contributed by atoms with Crippen molar-refractivity contribution < 1.29 is 4.79 Å². The largest absolute Gasteiger partial charge is 0.292 e. The van der Waals surface area contributed by atoms with Gasteiger partial charge in [0.05, 0.1) is 11.4 Å². The molecule has 2 aromatic rings. The molecule has 0 saturated heterocycles. The lowest BCUT2D eigenvalue weighted by Crippen LogP contribution is -2.34. The number of hydrogen-bond donors (Lipinski definition) is 0. The van der Waals surface area contributed by atoms with Crippen LogP contribution < -0.4 is 0 Å². The van der Waals surface area contributed by atoms with Gasteiger partial charge in [0.25, 0.3) is 0 Å². The van der Waals surface area contributed by atoms with Gasteiger partial charge >= 0.3 is 0 Å². The molecule has 0 fully saturated rings. The summed E-state index contributed by atoms with van der Waals surface area (Å²) in [5.74, 6) is 0.249. The van der Waals surface area contributed by atoms with Crippen molar-refractivity contribution >= 4 is 28.5 Å². The van der Waals surface area contributed by atoms with Gasteiger partial charge in [-0.25, -0.2) is 0 Å². The molecule has 88 valence electrons. The maximum atomic E-state index is 12.0. The molecule has 0 saturated carbocycles. The summed E-state index contributed by atoms with van der Waals surface area (Å²) in [6.45, 7) is 2.48. The number of carbonyl (C=O) groups is 1. The van der Waals surface area contributed by atoms with Gasteiger partial charge in [0.1, 0.15) is 0 Å². The molecule has 0 aromatic carbocycles. The van der Waals surface area contributed by atoms with Crippen LogP contribution >= 0.6 is 22.7 Å². The van der Waals surface area contributed by atoms with Crippen molar-refractivity contribution in [1.82, 2.24) is 4.90 Å². The number of nitrogens with zero attached hydrogens (tertiary/aromatic N) is 1. The molecular formula is C13H13NOS2. The average Bonchev–Trinajstić information content (AvgIpc) is 2.99. The Hall–Kier alpha value is -0.970. The Bertz CT molecular complexity index is 515. The molecule has 17 heavy (non-hydrogen) atoms. The predicted molar refractivity (Wildman–Crippen MR) is 71.9 cm³/mol. The summed E-state index contributed by atoms with van der Waals surface area (Å²) in [5.41, 5.74) is 1.40. The van der Waals surface area contributed by atoms with Crippen LogP contribution in [0.25, 0.3) is 0 Å². The Morgan fingerprint density at radius 3 is 3.06 bits per heavy atom. The number of thiophene rings is 2. The minimum Gasteiger partial charge on any atom is -0.292 e. The molecule has 3 rings (SSSR count). The molecular weight excluding hydrogens is 250 g/mol. The van der Waals surface area contributed by atoms with Crippen LogP contribution in [0.1, 0.15) is 20.1 Å². The van der Waals surface area contributed by atoms with Gasteiger partial charge < -0.3 is 0 Å². The van der Waals surface area contributed by atoms with Gasteiger partial charge in [-0.1, -0.05) is 6.07 Å². The zero-order valence-corrected chi connectivity index (χ0v) is 11.0. The van der Waals surface area contributed by atoms with E-state index in [2.05, 4.69) is 16.3 Å². The molecule has 0 spiro atoms. The highest BCUT2D eigenvalue weighted by Gasteiger charge is 2.19. The molecule has 0 unspecified atom stereocenters. The Kier molecular flexibility index (Phi) is 3.09. The van der Waals surface area contributed by atoms with Crippen LogP contribution in [0.3, 0.4) is 0 Å². The van der Waals surface area contributed by atoms with Gasteiger partial charge in [0, 0.05) is 18.0 Å². The molecule has 3 heterocycles. The van der Waals surface area contributed by atoms with Crippen LogP contribution in [0.5, 0.6) is 0 Å². The molecule has 4 heteroatoms. The van der Waals surface area contributed by atoms with E-state index in [1.165, 1.54) is 21.8 Å². The molecule has 0 aliphatic carbocycles. The predicted octanol–water partition coefficient (Wildman–Crippen LogP) is 3.05. The van der Waals surface area contributed by atoms with E-state index in [-0.39, 0.29) is 5.78 Å². The summed E-state index contributed by atoms with van der Waals surface area (Å²) in [6, 6.07) is 6.03. The number of hydrogen-bond acceptors (Lipinski definition) is 4. The fourth-order valence-electron chi connectivity index (χ4n) is 2.16. The highest BCUT2D eigenvalue weighted by atomic mass is 32.1. The molecule has 0 atom stereocenters. The molecule has 2 aromatic heterocycles. The fraction of sp³-hybridized carbons (Fsp3) is 0.308. The minimum atomic E-state index is 0.249. The summed E-state index contributed by atoms with van der Waals surface area (Å²) in [6.07, 6.45) is 1.09. The zero-order chi connectivity index (χ0) is 11.7. The molecule has 0 amide bonds. The molecule has 1 aliphatic rings. The minimum absolute atomic E-state index is 0.249. The Morgan fingerprint density at radius 2 is 2.24 bits per heavy atom. The van der Waals surface area contributed by atoms with E-state index in [4.69, 9.17) is 0 Å². The van der Waals surface area contributed by atoms with Crippen molar-refractivity contribution in [3.05, 3.63) is 44.3 Å². The summed E-state index contributed by atoms with van der Waals surface area (Å²) < 4.78 is 0. The van der Waals surface area contributed by atoms with Gasteiger partial charge in [-0.05, 0) is 34.9 Å². The molecule has 1 aliphatic heterocycles. The second-order valence-electron chi connectivity index (χ2n) is 4.23. The van der Waals surface area contributed by atoms with Crippen molar-refractivity contribution in [3.8, 4) is 0 Å². The quantitative estimate of drug-likeness (QED) is 0.793. The molecule has 0 N–H and O–H groups in total. The van der Waals surface area contributed by atoms with E-state index in [1.54, 1.807) is 0 Å². The van der Waals surface area contributed by atoms with E-state index in [0.29, 0.717) is 6.54 Å². The number of Topliss-reactive ketones (excluding diaryl/α,β-unsaturated/α-hetero) is 1. The number of ketones is 1. The average molecular weight is 263 g/mol. The first-order valence-corrected chi connectivity index (χ1v) is 7.43. The van der Waals surface area contributed by atoms with Crippen LogP contribution in [0.4, 0.5) is 0 Å². The van der Waals surface area contributed by atoms with Crippen molar-refractivity contribution in [2.24, 2.45) is 0 Å². The first-order chi connectivity index (χ1) is 8.33. The SMILES string of the molecule is O=C(CN1CCc2sccc2C1)c1cccs1. The van der Waals surface area contributed by atoms with Gasteiger partial charge in [-0.15, -0.1) is 22.7 Å². The second kappa shape index (κ2) is 4.72. The van der Waals surface area contributed by atoms with Gasteiger partial charge in [-0.2, -0.15) is 0 Å². The van der Waals surface area contributed by atoms with Crippen molar-refractivity contribution in [1.29, 1.82) is 0 Å². The normalized spacial score (nSPS) is 15.8. The fourth-order valence-corrected chi connectivity index (χ4v) is 3.71. The van der Waals surface area contributed by atoms with E-state index in [0.717, 1.165) is 24.4 Å².